The largest absolute Gasteiger partial charge is 0.491 e. The molecule has 2 aliphatic heterocycles. The number of hydrogen-bond donors (Lipinski definition) is 1. The lowest BCUT2D eigenvalue weighted by molar-refractivity contribution is -0.139. The quantitative estimate of drug-likeness (QED) is 0.561. The molecule has 0 bridgehead atoms. The van der Waals surface area contributed by atoms with E-state index < -0.39 is 0 Å². The third-order valence-electron chi connectivity index (χ3n) is 6.81. The number of ether oxygens (including phenoxy) is 1. The SMILES string of the molecule is CC(C)NC1C(=O)N(CCCN2CCN(c3ccccc3OCC3CC3)CC2)C(=O)C1C. The number of benzene rings is 1. The molecule has 7 nitrogen and oxygen atoms in total. The van der Waals surface area contributed by atoms with Gasteiger partial charge in [-0.1, -0.05) is 32.9 Å². The zero-order valence-electron chi connectivity index (χ0n) is 19.8. The van der Waals surface area contributed by atoms with Crippen LogP contribution in [0.3, 0.4) is 0 Å². The highest BCUT2D eigenvalue weighted by Crippen LogP contribution is 2.33. The van der Waals surface area contributed by atoms with Gasteiger partial charge in [-0.3, -0.25) is 19.4 Å². The second-order valence-electron chi connectivity index (χ2n) is 9.82. The van der Waals surface area contributed by atoms with Crippen LogP contribution in [0.1, 0.15) is 40.0 Å². The van der Waals surface area contributed by atoms with Crippen LogP contribution in [-0.2, 0) is 9.59 Å². The summed E-state index contributed by atoms with van der Waals surface area (Å²) in [6.45, 7) is 12.0. The van der Waals surface area contributed by atoms with Crippen LogP contribution >= 0.6 is 0 Å². The summed E-state index contributed by atoms with van der Waals surface area (Å²) in [6.07, 6.45) is 3.41. The topological polar surface area (TPSA) is 65.1 Å². The number of imide groups is 1. The maximum Gasteiger partial charge on any atom is 0.247 e. The molecule has 3 aliphatic rings. The predicted octanol–water partition coefficient (Wildman–Crippen LogP) is 2.36. The smallest absolute Gasteiger partial charge is 0.247 e. The summed E-state index contributed by atoms with van der Waals surface area (Å²) in [5, 5.41) is 3.25. The molecule has 0 spiro atoms. The normalized spacial score (nSPS) is 24.6. The first-order valence-electron chi connectivity index (χ1n) is 12.2. The van der Waals surface area contributed by atoms with Crippen LogP contribution < -0.4 is 15.0 Å². The molecule has 4 rings (SSSR count). The van der Waals surface area contributed by atoms with Gasteiger partial charge in [-0.05, 0) is 43.9 Å². The maximum absolute atomic E-state index is 12.7. The monoisotopic (exact) mass is 442 g/mol. The lowest BCUT2D eigenvalue weighted by Gasteiger charge is -2.37. The van der Waals surface area contributed by atoms with Crippen molar-refractivity contribution in [3.05, 3.63) is 24.3 Å². The number of carbonyl (C=O) groups excluding carboxylic acids is 2. The third kappa shape index (κ3) is 5.44. The van der Waals surface area contributed by atoms with E-state index in [1.165, 1.54) is 23.4 Å². The average Bonchev–Trinajstić information content (AvgIpc) is 3.60. The first-order valence-corrected chi connectivity index (χ1v) is 12.2. The molecule has 176 valence electrons. The van der Waals surface area contributed by atoms with Crippen LogP contribution in [0.5, 0.6) is 5.75 Å². The molecule has 32 heavy (non-hydrogen) atoms. The second-order valence-corrected chi connectivity index (χ2v) is 9.82. The molecule has 7 heteroatoms. The Morgan fingerprint density at radius 1 is 1.03 bits per heavy atom. The molecule has 1 aromatic carbocycles. The zero-order valence-corrected chi connectivity index (χ0v) is 19.8. The van der Waals surface area contributed by atoms with Gasteiger partial charge in [-0.2, -0.15) is 0 Å². The van der Waals surface area contributed by atoms with E-state index >= 15 is 0 Å². The summed E-state index contributed by atoms with van der Waals surface area (Å²) < 4.78 is 6.09. The van der Waals surface area contributed by atoms with Gasteiger partial charge >= 0.3 is 0 Å². The van der Waals surface area contributed by atoms with E-state index in [0.717, 1.165) is 57.4 Å². The highest BCUT2D eigenvalue weighted by atomic mass is 16.5. The molecule has 2 heterocycles. The minimum Gasteiger partial charge on any atom is -0.491 e. The average molecular weight is 443 g/mol. The summed E-state index contributed by atoms with van der Waals surface area (Å²) in [6, 6.07) is 8.17. The number of para-hydroxylation sites is 2. The highest BCUT2D eigenvalue weighted by molar-refractivity contribution is 6.06. The lowest BCUT2D eigenvalue weighted by Crippen LogP contribution is -2.47. The van der Waals surface area contributed by atoms with E-state index in [1.807, 2.05) is 26.8 Å². The van der Waals surface area contributed by atoms with Crippen molar-refractivity contribution >= 4 is 17.5 Å². The second kappa shape index (κ2) is 10.2. The van der Waals surface area contributed by atoms with Crippen LogP contribution in [0.15, 0.2) is 24.3 Å². The molecule has 1 N–H and O–H groups in total. The first-order chi connectivity index (χ1) is 15.4. The Balaban J connectivity index is 1.22. The minimum atomic E-state index is -0.381. The number of carbonyl (C=O) groups is 2. The maximum atomic E-state index is 12.7. The Labute approximate surface area is 192 Å². The molecule has 0 aromatic heterocycles. The molecule has 2 amide bonds. The van der Waals surface area contributed by atoms with Gasteiger partial charge in [0.05, 0.1) is 24.3 Å². The fourth-order valence-corrected chi connectivity index (χ4v) is 4.67. The number of likely N-dealkylation sites (tertiary alicyclic amines) is 1. The number of piperazine rings is 1. The fraction of sp³-hybridized carbons (Fsp3) is 0.680. The Morgan fingerprint density at radius 3 is 2.44 bits per heavy atom. The molecule has 2 saturated heterocycles. The molecule has 1 aromatic rings. The molecular formula is C25H38N4O3. The van der Waals surface area contributed by atoms with Crippen molar-refractivity contribution in [1.82, 2.24) is 15.1 Å². The Morgan fingerprint density at radius 2 is 1.75 bits per heavy atom. The number of nitrogens with one attached hydrogen (secondary N) is 1. The number of nitrogens with zero attached hydrogens (tertiary/aromatic N) is 3. The van der Waals surface area contributed by atoms with Crippen LogP contribution in [0, 0.1) is 11.8 Å². The molecule has 0 radical (unpaired) electrons. The van der Waals surface area contributed by atoms with Crippen molar-refractivity contribution in [1.29, 1.82) is 0 Å². The predicted molar refractivity (Wildman–Crippen MR) is 126 cm³/mol. The minimum absolute atomic E-state index is 0.0410. The van der Waals surface area contributed by atoms with Crippen LogP contribution in [-0.4, -0.2) is 79.6 Å². The van der Waals surface area contributed by atoms with Gasteiger partial charge in [0, 0.05) is 38.8 Å². The van der Waals surface area contributed by atoms with Gasteiger partial charge in [0.1, 0.15) is 5.75 Å². The van der Waals surface area contributed by atoms with Gasteiger partial charge in [0.25, 0.3) is 0 Å². The zero-order chi connectivity index (χ0) is 22.7. The summed E-state index contributed by atoms with van der Waals surface area (Å²) >= 11 is 0. The van der Waals surface area contributed by atoms with Crippen molar-refractivity contribution in [2.75, 3.05) is 50.8 Å². The van der Waals surface area contributed by atoms with Gasteiger partial charge in [0.15, 0.2) is 0 Å². The van der Waals surface area contributed by atoms with Gasteiger partial charge in [0.2, 0.25) is 11.8 Å². The van der Waals surface area contributed by atoms with Gasteiger partial charge in [-0.25, -0.2) is 0 Å². The molecule has 2 atom stereocenters. The van der Waals surface area contributed by atoms with Gasteiger partial charge in [-0.15, -0.1) is 0 Å². The van der Waals surface area contributed by atoms with E-state index in [0.29, 0.717) is 6.54 Å². The summed E-state index contributed by atoms with van der Waals surface area (Å²) in [5.41, 5.74) is 1.19. The first kappa shape index (κ1) is 23.1. The van der Waals surface area contributed by atoms with Crippen LogP contribution in [0.4, 0.5) is 5.69 Å². The summed E-state index contributed by atoms with van der Waals surface area (Å²) in [4.78, 5) is 31.6. The van der Waals surface area contributed by atoms with Crippen LogP contribution in [0.2, 0.25) is 0 Å². The van der Waals surface area contributed by atoms with Gasteiger partial charge < -0.3 is 15.0 Å². The van der Waals surface area contributed by atoms with E-state index in [9.17, 15) is 9.59 Å². The van der Waals surface area contributed by atoms with E-state index in [4.69, 9.17) is 4.74 Å². The Bertz CT molecular complexity index is 802. The molecule has 3 fully saturated rings. The highest BCUT2D eigenvalue weighted by Gasteiger charge is 2.44. The molecular weight excluding hydrogens is 404 g/mol. The van der Waals surface area contributed by atoms with Crippen LogP contribution in [0.25, 0.3) is 0 Å². The van der Waals surface area contributed by atoms with Crippen molar-refractivity contribution in [2.45, 2.75) is 52.1 Å². The van der Waals surface area contributed by atoms with Crippen molar-refractivity contribution in [2.24, 2.45) is 11.8 Å². The van der Waals surface area contributed by atoms with Crippen molar-refractivity contribution in [3.63, 3.8) is 0 Å². The van der Waals surface area contributed by atoms with E-state index in [-0.39, 0.29) is 29.8 Å². The molecule has 1 saturated carbocycles. The number of hydrogen-bond acceptors (Lipinski definition) is 6. The number of rotatable bonds is 10. The number of anilines is 1. The fourth-order valence-electron chi connectivity index (χ4n) is 4.67. The van der Waals surface area contributed by atoms with E-state index in [2.05, 4.69) is 33.3 Å². The third-order valence-corrected chi connectivity index (χ3v) is 6.81. The standard InChI is InChI=1S/C25H38N4O3/c1-18(2)26-23-19(3)24(30)29(25(23)31)12-6-11-27-13-15-28(16-14-27)21-7-4-5-8-22(21)32-17-20-9-10-20/h4-5,7-8,18-20,23,26H,6,9-17H2,1-3H3. The summed E-state index contributed by atoms with van der Waals surface area (Å²) in [5.74, 6) is 1.35. The molecule has 2 unspecified atom stereocenters. The lowest BCUT2D eigenvalue weighted by atomic mass is 10.0. The van der Waals surface area contributed by atoms with Crippen molar-refractivity contribution < 1.29 is 14.3 Å². The number of amides is 2. The Hall–Kier alpha value is -2.12. The Kier molecular flexibility index (Phi) is 7.36. The molecule has 1 aliphatic carbocycles. The van der Waals surface area contributed by atoms with E-state index in [1.54, 1.807) is 0 Å². The van der Waals surface area contributed by atoms with Crippen molar-refractivity contribution in [3.8, 4) is 5.75 Å². The summed E-state index contributed by atoms with van der Waals surface area (Å²) in [7, 11) is 0.